The predicted molar refractivity (Wildman–Crippen MR) is 112 cm³/mol. The van der Waals surface area contributed by atoms with E-state index in [1.54, 1.807) is 35.2 Å². The highest BCUT2D eigenvalue weighted by atomic mass is 16.5. The van der Waals surface area contributed by atoms with Crippen LogP contribution in [0.2, 0.25) is 0 Å². The van der Waals surface area contributed by atoms with Crippen LogP contribution in [0.1, 0.15) is 22.5 Å². The number of carbonyl (C=O) groups excluding carboxylic acids is 2. The second-order valence-corrected chi connectivity index (χ2v) is 6.96. The van der Waals surface area contributed by atoms with Crippen molar-refractivity contribution in [2.45, 2.75) is 13.3 Å². The molecule has 0 fully saturated rings. The maximum Gasteiger partial charge on any atom is 0.291 e. The molecule has 0 bridgehead atoms. The number of nitrogens with zero attached hydrogens (tertiary/aromatic N) is 1. The molecule has 1 aliphatic heterocycles. The fourth-order valence-electron chi connectivity index (χ4n) is 3.17. The standard InChI is InChI=1S/C23H22N2O5/c1-16-5-8-18(9-6-16)28-13-3-11-25-19-14-17(7-10-20(19)30-15-22(25)26)24-23(27)21-4-2-12-29-21/h2,4-10,12,14H,3,11,13,15H2,1H3,(H,24,27). The molecular formula is C23H22N2O5. The van der Waals surface area contributed by atoms with Gasteiger partial charge in [-0.1, -0.05) is 17.7 Å². The topological polar surface area (TPSA) is 81.0 Å². The molecule has 0 spiro atoms. The molecule has 0 aliphatic carbocycles. The zero-order chi connectivity index (χ0) is 20.9. The number of furan rings is 1. The molecule has 30 heavy (non-hydrogen) atoms. The van der Waals surface area contributed by atoms with Gasteiger partial charge in [0.25, 0.3) is 11.8 Å². The molecular weight excluding hydrogens is 384 g/mol. The Balaban J connectivity index is 1.41. The normalized spacial score (nSPS) is 12.8. The molecule has 2 amide bonds. The number of nitrogens with one attached hydrogen (secondary N) is 1. The number of fused-ring (bicyclic) bond motifs is 1. The quantitative estimate of drug-likeness (QED) is 0.599. The SMILES string of the molecule is Cc1ccc(OCCCN2C(=O)COc3ccc(NC(=O)c4ccco4)cc32)cc1. The van der Waals surface area contributed by atoms with E-state index in [1.165, 1.54) is 11.8 Å². The summed E-state index contributed by atoms with van der Waals surface area (Å²) in [7, 11) is 0. The first kappa shape index (κ1) is 19.6. The molecule has 3 aromatic rings. The number of hydrogen-bond acceptors (Lipinski definition) is 5. The van der Waals surface area contributed by atoms with Crippen LogP contribution in [0.15, 0.2) is 65.3 Å². The van der Waals surface area contributed by atoms with E-state index in [0.29, 0.717) is 36.7 Å². The van der Waals surface area contributed by atoms with Gasteiger partial charge in [0, 0.05) is 12.2 Å². The number of benzene rings is 2. The van der Waals surface area contributed by atoms with E-state index in [-0.39, 0.29) is 24.2 Å². The Bertz CT molecular complexity index is 1030. The van der Waals surface area contributed by atoms with E-state index in [4.69, 9.17) is 13.9 Å². The van der Waals surface area contributed by atoms with Gasteiger partial charge < -0.3 is 24.1 Å². The molecule has 0 unspecified atom stereocenters. The molecule has 7 nitrogen and oxygen atoms in total. The molecule has 2 aromatic carbocycles. The maximum atomic E-state index is 12.4. The first-order valence-electron chi connectivity index (χ1n) is 9.72. The number of aryl methyl sites for hydroxylation is 1. The fraction of sp³-hybridized carbons (Fsp3) is 0.217. The Labute approximate surface area is 174 Å². The van der Waals surface area contributed by atoms with Crippen molar-refractivity contribution < 1.29 is 23.5 Å². The summed E-state index contributed by atoms with van der Waals surface area (Å²) in [4.78, 5) is 26.3. The molecule has 1 aliphatic rings. The van der Waals surface area contributed by atoms with E-state index in [2.05, 4.69) is 5.32 Å². The monoisotopic (exact) mass is 406 g/mol. The Morgan fingerprint density at radius 1 is 1.17 bits per heavy atom. The maximum absolute atomic E-state index is 12.4. The third-order valence-electron chi connectivity index (χ3n) is 4.72. The largest absolute Gasteiger partial charge is 0.494 e. The summed E-state index contributed by atoms with van der Waals surface area (Å²) in [6.07, 6.45) is 2.09. The molecule has 0 saturated heterocycles. The minimum absolute atomic E-state index is 0.01000. The summed E-state index contributed by atoms with van der Waals surface area (Å²) in [6.45, 7) is 2.98. The lowest BCUT2D eigenvalue weighted by molar-refractivity contribution is -0.121. The van der Waals surface area contributed by atoms with Crippen LogP contribution >= 0.6 is 0 Å². The number of rotatable bonds is 7. The third kappa shape index (κ3) is 4.46. The average molecular weight is 406 g/mol. The van der Waals surface area contributed by atoms with Gasteiger partial charge >= 0.3 is 0 Å². The lowest BCUT2D eigenvalue weighted by Crippen LogP contribution is -2.39. The van der Waals surface area contributed by atoms with Gasteiger partial charge in [-0.2, -0.15) is 0 Å². The van der Waals surface area contributed by atoms with Gasteiger partial charge in [-0.15, -0.1) is 0 Å². The fourth-order valence-corrected chi connectivity index (χ4v) is 3.17. The Kier molecular flexibility index (Phi) is 5.70. The molecule has 7 heteroatoms. The lowest BCUT2D eigenvalue weighted by Gasteiger charge is -2.29. The molecule has 1 N–H and O–H groups in total. The van der Waals surface area contributed by atoms with Crippen molar-refractivity contribution in [1.82, 2.24) is 0 Å². The van der Waals surface area contributed by atoms with E-state index < -0.39 is 0 Å². The van der Waals surface area contributed by atoms with Crippen LogP contribution < -0.4 is 19.7 Å². The Morgan fingerprint density at radius 2 is 2.00 bits per heavy atom. The summed E-state index contributed by atoms with van der Waals surface area (Å²) in [6, 6.07) is 16.3. The Morgan fingerprint density at radius 3 is 2.77 bits per heavy atom. The van der Waals surface area contributed by atoms with E-state index in [1.807, 2.05) is 31.2 Å². The summed E-state index contributed by atoms with van der Waals surface area (Å²) >= 11 is 0. The van der Waals surface area contributed by atoms with Crippen LogP contribution in [0.3, 0.4) is 0 Å². The van der Waals surface area contributed by atoms with E-state index in [9.17, 15) is 9.59 Å². The number of carbonyl (C=O) groups is 2. The van der Waals surface area contributed by atoms with Crippen molar-refractivity contribution >= 4 is 23.2 Å². The number of hydrogen-bond donors (Lipinski definition) is 1. The van der Waals surface area contributed by atoms with Gasteiger partial charge in [0.2, 0.25) is 0 Å². The van der Waals surface area contributed by atoms with Crippen LogP contribution in [0, 0.1) is 6.92 Å². The van der Waals surface area contributed by atoms with Gasteiger partial charge in [0.15, 0.2) is 12.4 Å². The highest BCUT2D eigenvalue weighted by Gasteiger charge is 2.26. The van der Waals surface area contributed by atoms with Crippen LogP contribution in [0.4, 0.5) is 11.4 Å². The molecule has 4 rings (SSSR count). The molecule has 1 aromatic heterocycles. The van der Waals surface area contributed by atoms with Crippen molar-refractivity contribution in [1.29, 1.82) is 0 Å². The van der Waals surface area contributed by atoms with Crippen LogP contribution in [-0.4, -0.2) is 31.6 Å². The number of amides is 2. The first-order chi connectivity index (χ1) is 14.6. The molecule has 0 saturated carbocycles. The van der Waals surface area contributed by atoms with Gasteiger partial charge in [0.1, 0.15) is 11.5 Å². The van der Waals surface area contributed by atoms with E-state index in [0.717, 1.165) is 5.75 Å². The Hall–Kier alpha value is -3.74. The zero-order valence-electron chi connectivity index (χ0n) is 16.6. The number of anilines is 2. The van der Waals surface area contributed by atoms with Gasteiger partial charge in [-0.25, -0.2) is 0 Å². The van der Waals surface area contributed by atoms with Crippen LogP contribution in [-0.2, 0) is 4.79 Å². The van der Waals surface area contributed by atoms with Crippen molar-refractivity contribution in [3.8, 4) is 11.5 Å². The predicted octanol–water partition coefficient (Wildman–Crippen LogP) is 4.03. The molecule has 154 valence electrons. The smallest absolute Gasteiger partial charge is 0.291 e. The second-order valence-electron chi connectivity index (χ2n) is 6.96. The highest BCUT2D eigenvalue weighted by Crippen LogP contribution is 2.34. The van der Waals surface area contributed by atoms with Crippen molar-refractivity contribution in [2.24, 2.45) is 0 Å². The van der Waals surface area contributed by atoms with Crippen molar-refractivity contribution in [3.05, 3.63) is 72.2 Å². The van der Waals surface area contributed by atoms with Crippen molar-refractivity contribution in [3.63, 3.8) is 0 Å². The third-order valence-corrected chi connectivity index (χ3v) is 4.72. The summed E-state index contributed by atoms with van der Waals surface area (Å²) < 4.78 is 16.4. The highest BCUT2D eigenvalue weighted by molar-refractivity contribution is 6.03. The minimum atomic E-state index is -0.360. The van der Waals surface area contributed by atoms with Gasteiger partial charge in [-0.05, 0) is 55.8 Å². The molecule has 0 radical (unpaired) electrons. The number of ether oxygens (including phenoxy) is 2. The average Bonchev–Trinajstić information content (AvgIpc) is 3.29. The summed E-state index contributed by atoms with van der Waals surface area (Å²) in [5.41, 5.74) is 2.35. The van der Waals surface area contributed by atoms with Crippen LogP contribution in [0.25, 0.3) is 0 Å². The van der Waals surface area contributed by atoms with Gasteiger partial charge in [-0.3, -0.25) is 9.59 Å². The molecule has 2 heterocycles. The molecule has 0 atom stereocenters. The zero-order valence-corrected chi connectivity index (χ0v) is 16.6. The summed E-state index contributed by atoms with van der Waals surface area (Å²) in [5.74, 6) is 1.13. The lowest BCUT2D eigenvalue weighted by atomic mass is 10.2. The van der Waals surface area contributed by atoms with Gasteiger partial charge in [0.05, 0.1) is 18.6 Å². The van der Waals surface area contributed by atoms with E-state index >= 15 is 0 Å². The first-order valence-corrected chi connectivity index (χ1v) is 9.72. The minimum Gasteiger partial charge on any atom is -0.494 e. The summed E-state index contributed by atoms with van der Waals surface area (Å²) in [5, 5.41) is 2.77. The second kappa shape index (κ2) is 8.73. The van der Waals surface area contributed by atoms with Crippen molar-refractivity contribution in [2.75, 3.05) is 30.0 Å². The van der Waals surface area contributed by atoms with Crippen LogP contribution in [0.5, 0.6) is 11.5 Å².